The summed E-state index contributed by atoms with van der Waals surface area (Å²) in [6.45, 7) is 2.18. The maximum absolute atomic E-state index is 14.0. The van der Waals surface area contributed by atoms with Crippen molar-refractivity contribution in [2.24, 2.45) is 0 Å². The molecule has 0 radical (unpaired) electrons. The third-order valence-corrected chi connectivity index (χ3v) is 6.24. The molecule has 0 fully saturated rings. The summed E-state index contributed by atoms with van der Waals surface area (Å²) in [5.41, 5.74) is 1.94. The van der Waals surface area contributed by atoms with Crippen LogP contribution in [0.4, 0.5) is 0 Å². The SMILES string of the molecule is CCn1c(=O)n(-c2ccccc2)c2nc(-c3ccc(Br)cc3)n(-c3ccc(Cl)cc3)c(=O)c21. The molecule has 5 aromatic rings. The van der Waals surface area contributed by atoms with E-state index in [1.165, 1.54) is 13.7 Å². The number of aryl methyl sites for hydroxylation is 1. The third kappa shape index (κ3) is 3.63. The van der Waals surface area contributed by atoms with Crippen LogP contribution in [-0.2, 0) is 6.54 Å². The zero-order chi connectivity index (χ0) is 23.1. The first-order valence-corrected chi connectivity index (χ1v) is 11.5. The van der Waals surface area contributed by atoms with Crippen molar-refractivity contribution in [1.82, 2.24) is 18.7 Å². The number of imidazole rings is 1. The van der Waals surface area contributed by atoms with Crippen LogP contribution in [0.5, 0.6) is 0 Å². The molecule has 2 heterocycles. The van der Waals surface area contributed by atoms with Gasteiger partial charge in [-0.25, -0.2) is 14.3 Å². The van der Waals surface area contributed by atoms with Gasteiger partial charge < -0.3 is 0 Å². The van der Waals surface area contributed by atoms with Crippen molar-refractivity contribution in [3.8, 4) is 22.8 Å². The second-order valence-electron chi connectivity index (χ2n) is 7.43. The second kappa shape index (κ2) is 8.50. The number of rotatable bonds is 4. The molecule has 0 spiro atoms. The molecule has 2 aromatic heterocycles. The summed E-state index contributed by atoms with van der Waals surface area (Å²) >= 11 is 9.55. The van der Waals surface area contributed by atoms with Gasteiger partial charge in [0.25, 0.3) is 5.56 Å². The number of aromatic nitrogens is 4. The Labute approximate surface area is 202 Å². The molecule has 0 saturated heterocycles. The molecule has 0 aliphatic heterocycles. The van der Waals surface area contributed by atoms with Crippen molar-refractivity contribution >= 4 is 38.7 Å². The number of nitrogens with zero attached hydrogens (tertiary/aromatic N) is 4. The molecule has 0 N–H and O–H groups in total. The maximum Gasteiger partial charge on any atom is 0.335 e. The van der Waals surface area contributed by atoms with Crippen LogP contribution in [0.3, 0.4) is 0 Å². The Morgan fingerprint density at radius 2 is 1.48 bits per heavy atom. The van der Waals surface area contributed by atoms with E-state index in [0.29, 0.717) is 34.4 Å². The smallest absolute Gasteiger partial charge is 0.286 e. The molecular weight excluding hydrogens is 504 g/mol. The fourth-order valence-corrected chi connectivity index (χ4v) is 4.32. The van der Waals surface area contributed by atoms with Gasteiger partial charge in [0.2, 0.25) is 0 Å². The Balaban J connectivity index is 1.95. The van der Waals surface area contributed by atoms with E-state index < -0.39 is 0 Å². The van der Waals surface area contributed by atoms with Gasteiger partial charge in [-0.05, 0) is 55.5 Å². The molecular formula is C25H18BrClN4O2. The summed E-state index contributed by atoms with van der Waals surface area (Å²) in [5, 5.41) is 0.562. The van der Waals surface area contributed by atoms with E-state index in [-0.39, 0.29) is 16.8 Å². The van der Waals surface area contributed by atoms with Gasteiger partial charge in [-0.15, -0.1) is 0 Å². The highest BCUT2D eigenvalue weighted by molar-refractivity contribution is 9.10. The number of benzene rings is 3. The van der Waals surface area contributed by atoms with Crippen molar-refractivity contribution < 1.29 is 0 Å². The number of hydrogen-bond acceptors (Lipinski definition) is 3. The van der Waals surface area contributed by atoms with E-state index in [0.717, 1.165) is 10.0 Å². The molecule has 6 nitrogen and oxygen atoms in total. The Bertz CT molecular complexity index is 1590. The van der Waals surface area contributed by atoms with Crippen LogP contribution in [-0.4, -0.2) is 18.7 Å². The molecule has 0 aliphatic rings. The van der Waals surface area contributed by atoms with E-state index in [1.807, 2.05) is 61.5 Å². The average Bonchev–Trinajstić information content (AvgIpc) is 3.12. The van der Waals surface area contributed by atoms with E-state index in [9.17, 15) is 9.59 Å². The van der Waals surface area contributed by atoms with Crippen LogP contribution in [0, 0.1) is 0 Å². The molecule has 164 valence electrons. The number of halogens is 2. The maximum atomic E-state index is 14.0. The van der Waals surface area contributed by atoms with E-state index in [2.05, 4.69) is 15.9 Å². The topological polar surface area (TPSA) is 61.8 Å². The van der Waals surface area contributed by atoms with Crippen molar-refractivity contribution in [1.29, 1.82) is 0 Å². The van der Waals surface area contributed by atoms with Crippen molar-refractivity contribution in [2.45, 2.75) is 13.5 Å². The molecule has 8 heteroatoms. The number of hydrogen-bond donors (Lipinski definition) is 0. The normalized spacial score (nSPS) is 11.2. The van der Waals surface area contributed by atoms with Gasteiger partial charge in [0, 0.05) is 21.6 Å². The summed E-state index contributed by atoms with van der Waals surface area (Å²) in [5.74, 6) is 0.431. The van der Waals surface area contributed by atoms with Gasteiger partial charge in [0.05, 0.1) is 11.4 Å². The zero-order valence-corrected chi connectivity index (χ0v) is 19.9. The lowest BCUT2D eigenvalue weighted by Gasteiger charge is -2.14. The minimum absolute atomic E-state index is 0.252. The Hall–Kier alpha value is -3.42. The monoisotopic (exact) mass is 520 g/mol. The molecule has 0 aliphatic carbocycles. The molecule has 3 aromatic carbocycles. The van der Waals surface area contributed by atoms with E-state index in [4.69, 9.17) is 16.6 Å². The van der Waals surface area contributed by atoms with Gasteiger partial charge in [0.1, 0.15) is 5.82 Å². The van der Waals surface area contributed by atoms with Gasteiger partial charge in [-0.3, -0.25) is 13.9 Å². The molecule has 33 heavy (non-hydrogen) atoms. The predicted molar refractivity (Wildman–Crippen MR) is 135 cm³/mol. The lowest BCUT2D eigenvalue weighted by atomic mass is 10.2. The Kier molecular flexibility index (Phi) is 5.52. The number of para-hydroxylation sites is 1. The molecule has 5 rings (SSSR count). The number of fused-ring (bicyclic) bond motifs is 1. The average molecular weight is 522 g/mol. The third-order valence-electron chi connectivity index (χ3n) is 5.46. The summed E-state index contributed by atoms with van der Waals surface area (Å²) in [7, 11) is 0. The fraction of sp³-hybridized carbons (Fsp3) is 0.0800. The molecule has 0 bridgehead atoms. The highest BCUT2D eigenvalue weighted by Gasteiger charge is 2.23. The van der Waals surface area contributed by atoms with Crippen LogP contribution in [0.2, 0.25) is 5.02 Å². The van der Waals surface area contributed by atoms with Gasteiger partial charge >= 0.3 is 5.69 Å². The predicted octanol–water partition coefficient (Wildman–Crippen LogP) is 5.44. The first-order chi connectivity index (χ1) is 16.0. The van der Waals surface area contributed by atoms with Gasteiger partial charge in [-0.2, -0.15) is 0 Å². The first kappa shape index (κ1) is 21.4. The van der Waals surface area contributed by atoms with Crippen LogP contribution in [0.25, 0.3) is 33.9 Å². The van der Waals surface area contributed by atoms with E-state index in [1.54, 1.807) is 24.3 Å². The molecule has 0 saturated carbocycles. The van der Waals surface area contributed by atoms with Gasteiger partial charge in [0.15, 0.2) is 11.2 Å². The van der Waals surface area contributed by atoms with Crippen molar-refractivity contribution in [3.05, 3.63) is 109 Å². The first-order valence-electron chi connectivity index (χ1n) is 10.3. The van der Waals surface area contributed by atoms with Crippen LogP contribution in [0.15, 0.2) is 92.9 Å². The van der Waals surface area contributed by atoms with Gasteiger partial charge in [-0.1, -0.05) is 57.9 Å². The van der Waals surface area contributed by atoms with Crippen molar-refractivity contribution in [2.75, 3.05) is 0 Å². The minimum Gasteiger partial charge on any atom is -0.286 e. The summed E-state index contributed by atoms with van der Waals surface area (Å²) in [4.78, 5) is 32.2. The summed E-state index contributed by atoms with van der Waals surface area (Å²) in [6, 6.07) is 23.7. The summed E-state index contributed by atoms with van der Waals surface area (Å²) in [6.07, 6.45) is 0. The lowest BCUT2D eigenvalue weighted by Crippen LogP contribution is -2.26. The van der Waals surface area contributed by atoms with Crippen LogP contribution in [0.1, 0.15) is 6.92 Å². The highest BCUT2D eigenvalue weighted by Crippen LogP contribution is 2.25. The quantitative estimate of drug-likeness (QED) is 0.316. The molecule has 0 amide bonds. The minimum atomic E-state index is -0.325. The van der Waals surface area contributed by atoms with Crippen LogP contribution >= 0.6 is 27.5 Å². The second-order valence-corrected chi connectivity index (χ2v) is 8.78. The summed E-state index contributed by atoms with van der Waals surface area (Å²) < 4.78 is 5.40. The zero-order valence-electron chi connectivity index (χ0n) is 17.6. The van der Waals surface area contributed by atoms with E-state index >= 15 is 0 Å². The lowest BCUT2D eigenvalue weighted by molar-refractivity contribution is 0.730. The highest BCUT2D eigenvalue weighted by atomic mass is 79.9. The van der Waals surface area contributed by atoms with Crippen LogP contribution < -0.4 is 11.2 Å². The standard InChI is InChI=1S/C25H18BrClN4O2/c1-2-29-21-23(31(25(29)33)19-6-4-3-5-7-19)28-22(16-8-10-17(26)11-9-16)30(24(21)32)20-14-12-18(27)13-15-20/h3-15H,2H2,1H3. The Morgan fingerprint density at radius 1 is 0.848 bits per heavy atom. The molecule has 0 unspecified atom stereocenters. The Morgan fingerprint density at radius 3 is 2.12 bits per heavy atom. The van der Waals surface area contributed by atoms with Crippen molar-refractivity contribution in [3.63, 3.8) is 0 Å². The largest absolute Gasteiger partial charge is 0.335 e. The fourth-order valence-electron chi connectivity index (χ4n) is 3.93. The molecule has 0 atom stereocenters.